The van der Waals surface area contributed by atoms with E-state index in [1.54, 1.807) is 36.4 Å². The standard InChI is InChI=1S/C17H19NO2S/c1-3-14(2)17(15-10-6-4-7-11-15)18-21(19,20)16-12-8-5-9-13-16/h3-14,17-18H,1H2,2H3. The van der Waals surface area contributed by atoms with Gasteiger partial charge in [0.05, 0.1) is 10.9 Å². The minimum atomic E-state index is -3.56. The predicted molar refractivity (Wildman–Crippen MR) is 85.3 cm³/mol. The first-order valence-corrected chi connectivity index (χ1v) is 8.28. The van der Waals surface area contributed by atoms with Gasteiger partial charge in [-0.3, -0.25) is 0 Å². The normalized spacial score (nSPS) is 14.3. The lowest BCUT2D eigenvalue weighted by Gasteiger charge is -2.23. The van der Waals surface area contributed by atoms with E-state index in [-0.39, 0.29) is 16.9 Å². The average Bonchev–Trinajstić information content (AvgIpc) is 2.53. The van der Waals surface area contributed by atoms with Gasteiger partial charge in [-0.25, -0.2) is 13.1 Å². The SMILES string of the molecule is C=CC(C)C(NS(=O)(=O)c1ccccc1)c1ccccc1. The zero-order chi connectivity index (χ0) is 15.3. The minimum Gasteiger partial charge on any atom is -0.207 e. The number of sulfonamides is 1. The Hall–Kier alpha value is -1.91. The topological polar surface area (TPSA) is 46.2 Å². The molecule has 110 valence electrons. The summed E-state index contributed by atoms with van der Waals surface area (Å²) in [6, 6.07) is 17.6. The van der Waals surface area contributed by atoms with Crippen LogP contribution in [0.4, 0.5) is 0 Å². The second-order valence-electron chi connectivity index (χ2n) is 4.92. The molecule has 0 aliphatic carbocycles. The number of hydrogen-bond donors (Lipinski definition) is 1. The van der Waals surface area contributed by atoms with Crippen molar-refractivity contribution < 1.29 is 8.42 Å². The van der Waals surface area contributed by atoms with Crippen LogP contribution in [0.1, 0.15) is 18.5 Å². The third-order valence-corrected chi connectivity index (χ3v) is 4.85. The van der Waals surface area contributed by atoms with Gasteiger partial charge in [-0.1, -0.05) is 61.5 Å². The van der Waals surface area contributed by atoms with E-state index < -0.39 is 10.0 Å². The molecule has 0 fully saturated rings. The van der Waals surface area contributed by atoms with E-state index in [1.165, 1.54) is 0 Å². The summed E-state index contributed by atoms with van der Waals surface area (Å²) >= 11 is 0. The smallest absolute Gasteiger partial charge is 0.207 e. The quantitative estimate of drug-likeness (QED) is 0.830. The molecule has 0 bridgehead atoms. The molecule has 2 rings (SSSR count). The van der Waals surface area contributed by atoms with Gasteiger partial charge in [-0.15, -0.1) is 6.58 Å². The Labute approximate surface area is 126 Å². The second-order valence-corrected chi connectivity index (χ2v) is 6.63. The summed E-state index contributed by atoms with van der Waals surface area (Å²) in [4.78, 5) is 0.266. The van der Waals surface area contributed by atoms with Crippen LogP contribution in [0.3, 0.4) is 0 Å². The zero-order valence-corrected chi connectivity index (χ0v) is 12.8. The van der Waals surface area contributed by atoms with Crippen molar-refractivity contribution in [1.82, 2.24) is 4.72 Å². The molecule has 1 N–H and O–H groups in total. The highest BCUT2D eigenvalue weighted by Crippen LogP contribution is 2.25. The largest absolute Gasteiger partial charge is 0.241 e. The van der Waals surface area contributed by atoms with Crippen LogP contribution in [0, 0.1) is 5.92 Å². The Balaban J connectivity index is 2.34. The van der Waals surface area contributed by atoms with Gasteiger partial charge in [-0.2, -0.15) is 0 Å². The first-order valence-electron chi connectivity index (χ1n) is 6.79. The van der Waals surface area contributed by atoms with Crippen molar-refractivity contribution in [2.45, 2.75) is 17.9 Å². The van der Waals surface area contributed by atoms with E-state index in [9.17, 15) is 8.42 Å². The summed E-state index contributed by atoms with van der Waals surface area (Å²) in [6.07, 6.45) is 1.76. The van der Waals surface area contributed by atoms with Crippen molar-refractivity contribution in [2.24, 2.45) is 5.92 Å². The van der Waals surface area contributed by atoms with Crippen molar-refractivity contribution in [2.75, 3.05) is 0 Å². The predicted octanol–water partition coefficient (Wildman–Crippen LogP) is 3.53. The van der Waals surface area contributed by atoms with Gasteiger partial charge >= 0.3 is 0 Å². The van der Waals surface area contributed by atoms with E-state index >= 15 is 0 Å². The van der Waals surface area contributed by atoms with Crippen LogP contribution < -0.4 is 4.72 Å². The fourth-order valence-corrected chi connectivity index (χ4v) is 3.45. The molecule has 0 aromatic heterocycles. The van der Waals surface area contributed by atoms with E-state index in [0.717, 1.165) is 5.56 Å². The van der Waals surface area contributed by atoms with Gasteiger partial charge in [-0.05, 0) is 23.6 Å². The molecule has 2 unspecified atom stereocenters. The van der Waals surface area contributed by atoms with Crippen molar-refractivity contribution in [3.63, 3.8) is 0 Å². The summed E-state index contributed by atoms with van der Waals surface area (Å²) in [5.74, 6) is -0.0223. The van der Waals surface area contributed by atoms with Gasteiger partial charge in [0.25, 0.3) is 0 Å². The van der Waals surface area contributed by atoms with Gasteiger partial charge in [0, 0.05) is 0 Å². The molecule has 0 amide bonds. The molecule has 0 aliphatic heterocycles. The summed E-state index contributed by atoms with van der Waals surface area (Å²) < 4.78 is 27.8. The van der Waals surface area contributed by atoms with E-state index in [0.29, 0.717) is 0 Å². The highest BCUT2D eigenvalue weighted by molar-refractivity contribution is 7.89. The molecule has 0 aliphatic rings. The minimum absolute atomic E-state index is 0.0223. The lowest BCUT2D eigenvalue weighted by atomic mass is 9.96. The van der Waals surface area contributed by atoms with Crippen molar-refractivity contribution >= 4 is 10.0 Å². The molecule has 21 heavy (non-hydrogen) atoms. The third-order valence-electron chi connectivity index (χ3n) is 3.39. The Morgan fingerprint density at radius 3 is 2.05 bits per heavy atom. The van der Waals surface area contributed by atoms with Gasteiger partial charge in [0.1, 0.15) is 0 Å². The zero-order valence-electron chi connectivity index (χ0n) is 11.9. The van der Waals surface area contributed by atoms with Crippen LogP contribution in [0.5, 0.6) is 0 Å². The molecular formula is C17H19NO2S. The number of benzene rings is 2. The first kappa shape index (κ1) is 15.5. The molecule has 2 aromatic rings. The monoisotopic (exact) mass is 301 g/mol. The molecular weight excluding hydrogens is 282 g/mol. The van der Waals surface area contributed by atoms with Crippen LogP contribution in [0.25, 0.3) is 0 Å². The Kier molecular flexibility index (Phi) is 4.94. The molecule has 2 aromatic carbocycles. The number of rotatable bonds is 6. The van der Waals surface area contributed by atoms with Crippen LogP contribution in [-0.2, 0) is 10.0 Å². The van der Waals surface area contributed by atoms with Crippen molar-refractivity contribution in [3.05, 3.63) is 78.9 Å². The first-order chi connectivity index (χ1) is 10.0. The summed E-state index contributed by atoms with van der Waals surface area (Å²) in [7, 11) is -3.56. The fraction of sp³-hybridized carbons (Fsp3) is 0.176. The average molecular weight is 301 g/mol. The highest BCUT2D eigenvalue weighted by Gasteiger charge is 2.24. The number of nitrogens with one attached hydrogen (secondary N) is 1. The summed E-state index contributed by atoms with van der Waals surface area (Å²) in [6.45, 7) is 5.72. The van der Waals surface area contributed by atoms with Gasteiger partial charge < -0.3 is 0 Å². The summed E-state index contributed by atoms with van der Waals surface area (Å²) in [5.41, 5.74) is 0.921. The van der Waals surface area contributed by atoms with Crippen LogP contribution in [0.15, 0.2) is 78.2 Å². The third kappa shape index (κ3) is 3.80. The molecule has 0 heterocycles. The molecule has 4 heteroatoms. The van der Waals surface area contributed by atoms with Crippen molar-refractivity contribution in [1.29, 1.82) is 0 Å². The highest BCUT2D eigenvalue weighted by atomic mass is 32.2. The molecule has 0 spiro atoms. The van der Waals surface area contributed by atoms with Crippen LogP contribution >= 0.6 is 0 Å². The molecule has 2 atom stereocenters. The maximum atomic E-state index is 12.5. The van der Waals surface area contributed by atoms with Gasteiger partial charge in [0.15, 0.2) is 0 Å². The lowest BCUT2D eigenvalue weighted by molar-refractivity contribution is 0.498. The Bertz CT molecular complexity index is 681. The summed E-state index contributed by atoms with van der Waals surface area (Å²) in [5, 5.41) is 0. The lowest BCUT2D eigenvalue weighted by Crippen LogP contribution is -2.32. The molecule has 0 saturated carbocycles. The van der Waals surface area contributed by atoms with Crippen molar-refractivity contribution in [3.8, 4) is 0 Å². The van der Waals surface area contributed by atoms with Crippen LogP contribution in [-0.4, -0.2) is 8.42 Å². The van der Waals surface area contributed by atoms with Crippen LogP contribution in [0.2, 0.25) is 0 Å². The molecule has 3 nitrogen and oxygen atoms in total. The van der Waals surface area contributed by atoms with E-state index in [1.807, 2.05) is 37.3 Å². The number of hydrogen-bond acceptors (Lipinski definition) is 2. The van der Waals surface area contributed by atoms with E-state index in [2.05, 4.69) is 11.3 Å². The van der Waals surface area contributed by atoms with Gasteiger partial charge in [0.2, 0.25) is 10.0 Å². The molecule has 0 radical (unpaired) electrons. The fourth-order valence-electron chi connectivity index (χ4n) is 2.11. The Morgan fingerprint density at radius 1 is 1.00 bits per heavy atom. The van der Waals surface area contributed by atoms with E-state index in [4.69, 9.17) is 0 Å². The molecule has 0 saturated heterocycles. The maximum absolute atomic E-state index is 12.5. The Morgan fingerprint density at radius 2 is 1.52 bits per heavy atom. The second kappa shape index (κ2) is 6.70. The maximum Gasteiger partial charge on any atom is 0.241 e.